The molecule has 1 aliphatic carbocycles. The number of nitrogens with two attached hydrogens (primary N) is 1. The highest BCUT2D eigenvalue weighted by Crippen LogP contribution is 2.49. The second kappa shape index (κ2) is 8.92. The van der Waals surface area contributed by atoms with Crippen LogP contribution >= 0.6 is 0 Å². The summed E-state index contributed by atoms with van der Waals surface area (Å²) in [5.74, 6) is 1.01. The van der Waals surface area contributed by atoms with E-state index in [9.17, 15) is 9.18 Å². The van der Waals surface area contributed by atoms with E-state index in [0.29, 0.717) is 52.8 Å². The number of anilines is 1. The van der Waals surface area contributed by atoms with Gasteiger partial charge in [0.1, 0.15) is 31.2 Å². The van der Waals surface area contributed by atoms with Crippen molar-refractivity contribution >= 4 is 22.7 Å². The molecule has 1 aromatic heterocycles. The van der Waals surface area contributed by atoms with E-state index in [1.54, 1.807) is 24.4 Å². The number of nitrogens with zero attached hydrogens (tertiary/aromatic N) is 1. The Bertz CT molecular complexity index is 1320. The number of halogens is 1. The Morgan fingerprint density at radius 2 is 1.86 bits per heavy atom. The Balaban J connectivity index is 1.43. The van der Waals surface area contributed by atoms with Crippen LogP contribution in [0.5, 0.6) is 28.7 Å². The Kier molecular flexibility index (Phi) is 5.89. The molecule has 2 aliphatic rings. The van der Waals surface area contributed by atoms with Crippen LogP contribution in [0, 0.1) is 5.82 Å². The van der Waals surface area contributed by atoms with Crippen LogP contribution in [0.25, 0.3) is 10.9 Å². The maximum Gasteiger partial charge on any atom is 0.408 e. The van der Waals surface area contributed by atoms with Crippen molar-refractivity contribution in [2.75, 3.05) is 25.6 Å². The van der Waals surface area contributed by atoms with Crippen molar-refractivity contribution in [3.63, 3.8) is 0 Å². The number of pyridine rings is 1. The fourth-order valence-electron chi connectivity index (χ4n) is 3.88. The molecule has 9 nitrogen and oxygen atoms in total. The van der Waals surface area contributed by atoms with Gasteiger partial charge in [0.15, 0.2) is 23.1 Å². The molecule has 0 bridgehead atoms. The number of hydrogen-bond donors (Lipinski definition) is 2. The number of fused-ring (bicyclic) bond motifs is 3. The first-order valence-corrected chi connectivity index (χ1v) is 11.7. The van der Waals surface area contributed by atoms with E-state index >= 15 is 0 Å². The van der Waals surface area contributed by atoms with Crippen LogP contribution in [0.4, 0.5) is 14.9 Å². The van der Waals surface area contributed by atoms with E-state index in [2.05, 4.69) is 10.3 Å². The van der Waals surface area contributed by atoms with Gasteiger partial charge in [-0.3, -0.25) is 4.98 Å². The van der Waals surface area contributed by atoms with Crippen molar-refractivity contribution in [2.24, 2.45) is 0 Å². The lowest BCUT2D eigenvalue weighted by Gasteiger charge is -2.26. The Morgan fingerprint density at radius 3 is 2.56 bits per heavy atom. The van der Waals surface area contributed by atoms with Crippen LogP contribution < -0.4 is 30.0 Å². The molecule has 190 valence electrons. The third-order valence-corrected chi connectivity index (χ3v) is 5.74. The van der Waals surface area contributed by atoms with Crippen LogP contribution in [0.2, 0.25) is 0 Å². The molecule has 2 aromatic carbocycles. The van der Waals surface area contributed by atoms with E-state index < -0.39 is 23.1 Å². The summed E-state index contributed by atoms with van der Waals surface area (Å²) in [7, 11) is 0. The minimum Gasteiger partial charge on any atom is -0.487 e. The molecule has 1 saturated carbocycles. The fraction of sp³-hybridized carbons (Fsp3) is 0.385. The minimum atomic E-state index is -0.593. The van der Waals surface area contributed by atoms with Gasteiger partial charge >= 0.3 is 6.09 Å². The van der Waals surface area contributed by atoms with Crippen LogP contribution in [-0.4, -0.2) is 42.0 Å². The van der Waals surface area contributed by atoms with Crippen molar-refractivity contribution in [1.29, 1.82) is 0 Å². The maximum atomic E-state index is 14.4. The minimum absolute atomic E-state index is 0.0198. The van der Waals surface area contributed by atoms with Gasteiger partial charge in [-0.25, -0.2) is 9.18 Å². The first-order valence-electron chi connectivity index (χ1n) is 11.7. The highest BCUT2D eigenvalue weighted by atomic mass is 19.1. The number of aromatic nitrogens is 1. The standard InChI is InChI=1S/C26H28FN3O6/c1-25(2,3)36-24(31)30-26(7-8-26)14-34-20-13-17-21(23-22(20)32-10-11-33-23)19(6-9-29-17)35-18-5-4-15(28)12-16(18)27/h4-6,9,12-13H,7-8,10-11,14,28H2,1-3H3,(H,30,31). The Hall–Kier alpha value is -3.95. The number of hydrogen-bond acceptors (Lipinski definition) is 8. The van der Waals surface area contributed by atoms with Gasteiger partial charge in [0.05, 0.1) is 16.4 Å². The molecular formula is C26H28FN3O6. The average molecular weight is 498 g/mol. The molecule has 10 heteroatoms. The summed E-state index contributed by atoms with van der Waals surface area (Å²) >= 11 is 0. The summed E-state index contributed by atoms with van der Waals surface area (Å²) < 4.78 is 43.6. The number of benzene rings is 2. The van der Waals surface area contributed by atoms with E-state index in [0.717, 1.165) is 12.8 Å². The zero-order chi connectivity index (χ0) is 25.5. The van der Waals surface area contributed by atoms with E-state index in [1.807, 2.05) is 20.8 Å². The van der Waals surface area contributed by atoms with Gasteiger partial charge in [0.2, 0.25) is 5.75 Å². The summed E-state index contributed by atoms with van der Waals surface area (Å²) in [6.07, 6.45) is 2.60. The fourth-order valence-corrected chi connectivity index (χ4v) is 3.88. The topological polar surface area (TPSA) is 114 Å². The lowest BCUT2D eigenvalue weighted by Crippen LogP contribution is -2.44. The maximum absolute atomic E-state index is 14.4. The lowest BCUT2D eigenvalue weighted by atomic mass is 10.1. The molecule has 0 unspecified atom stereocenters. The van der Waals surface area contributed by atoms with Crippen molar-refractivity contribution in [3.8, 4) is 28.7 Å². The van der Waals surface area contributed by atoms with Gasteiger partial charge in [-0.1, -0.05) is 0 Å². The molecule has 36 heavy (non-hydrogen) atoms. The lowest BCUT2D eigenvalue weighted by molar-refractivity contribution is 0.0476. The van der Waals surface area contributed by atoms with Gasteiger partial charge in [-0.2, -0.15) is 0 Å². The zero-order valence-corrected chi connectivity index (χ0v) is 20.4. The molecule has 1 amide bonds. The predicted octanol–water partition coefficient (Wildman–Crippen LogP) is 4.96. The number of carbonyl (C=O) groups excluding carboxylic acids is 1. The first-order chi connectivity index (χ1) is 17.1. The third-order valence-electron chi connectivity index (χ3n) is 5.74. The Labute approximate surface area is 207 Å². The van der Waals surface area contributed by atoms with E-state index in [1.165, 1.54) is 12.1 Å². The number of rotatable bonds is 6. The van der Waals surface area contributed by atoms with Crippen LogP contribution in [-0.2, 0) is 4.74 Å². The number of nitrogen functional groups attached to an aromatic ring is 1. The smallest absolute Gasteiger partial charge is 0.408 e. The Morgan fingerprint density at radius 1 is 1.11 bits per heavy atom. The van der Waals surface area contributed by atoms with Crippen molar-refractivity contribution in [1.82, 2.24) is 10.3 Å². The predicted molar refractivity (Wildman–Crippen MR) is 130 cm³/mol. The van der Waals surface area contributed by atoms with Crippen molar-refractivity contribution < 1.29 is 32.9 Å². The molecule has 5 rings (SSSR count). The van der Waals surface area contributed by atoms with Gasteiger partial charge in [0, 0.05) is 24.0 Å². The number of amides is 1. The van der Waals surface area contributed by atoms with Crippen LogP contribution in [0.3, 0.4) is 0 Å². The monoisotopic (exact) mass is 497 g/mol. The second-order valence-corrected chi connectivity index (χ2v) is 9.92. The number of carbonyl (C=O) groups is 1. The summed E-state index contributed by atoms with van der Waals surface area (Å²) in [5, 5.41) is 3.45. The molecule has 2 heterocycles. The third kappa shape index (κ3) is 5.02. The van der Waals surface area contributed by atoms with Crippen molar-refractivity contribution in [2.45, 2.75) is 44.8 Å². The van der Waals surface area contributed by atoms with E-state index in [-0.39, 0.29) is 12.4 Å². The summed E-state index contributed by atoms with van der Waals surface area (Å²) in [4.78, 5) is 16.7. The van der Waals surface area contributed by atoms with E-state index in [4.69, 9.17) is 29.4 Å². The van der Waals surface area contributed by atoms with Gasteiger partial charge < -0.3 is 34.7 Å². The first kappa shape index (κ1) is 23.8. The molecular weight excluding hydrogens is 469 g/mol. The van der Waals surface area contributed by atoms with Crippen LogP contribution in [0.1, 0.15) is 33.6 Å². The second-order valence-electron chi connectivity index (χ2n) is 9.92. The molecule has 3 N–H and O–H groups in total. The van der Waals surface area contributed by atoms with Crippen LogP contribution in [0.15, 0.2) is 36.5 Å². The quantitative estimate of drug-likeness (QED) is 0.460. The number of alkyl carbamates (subject to hydrolysis) is 1. The largest absolute Gasteiger partial charge is 0.487 e. The molecule has 1 aliphatic heterocycles. The SMILES string of the molecule is CC(C)(C)OC(=O)NC1(COc2cc3nccc(Oc4ccc(N)cc4F)c3c3c2OCCO3)CC1. The normalized spacial score (nSPS) is 15.8. The van der Waals surface area contributed by atoms with Gasteiger partial charge in [-0.15, -0.1) is 0 Å². The summed E-state index contributed by atoms with van der Waals surface area (Å²) in [6, 6.07) is 7.56. The molecule has 0 saturated heterocycles. The summed E-state index contributed by atoms with van der Waals surface area (Å²) in [5.41, 5.74) is 5.37. The van der Waals surface area contributed by atoms with Crippen molar-refractivity contribution in [3.05, 3.63) is 42.3 Å². The molecule has 0 atom stereocenters. The highest BCUT2D eigenvalue weighted by molar-refractivity contribution is 5.95. The number of ether oxygens (including phenoxy) is 5. The summed E-state index contributed by atoms with van der Waals surface area (Å²) in [6.45, 7) is 6.32. The molecule has 0 radical (unpaired) electrons. The van der Waals surface area contributed by atoms with Gasteiger partial charge in [-0.05, 0) is 51.8 Å². The van der Waals surface area contributed by atoms with Gasteiger partial charge in [0.25, 0.3) is 0 Å². The number of nitrogens with one attached hydrogen (secondary N) is 1. The molecule has 0 spiro atoms. The average Bonchev–Trinajstić information content (AvgIpc) is 3.57. The zero-order valence-electron chi connectivity index (χ0n) is 20.4. The molecule has 1 fully saturated rings. The molecule has 3 aromatic rings. The highest BCUT2D eigenvalue weighted by Gasteiger charge is 2.46.